The van der Waals surface area contributed by atoms with E-state index >= 15 is 0 Å². The van der Waals surface area contributed by atoms with Crippen LogP contribution < -0.4 is 0 Å². The number of allylic oxidation sites excluding steroid dienone is 4. The number of carbonyl (C=O) groups is 2. The highest BCUT2D eigenvalue weighted by atomic mass is 31.2. The van der Waals surface area contributed by atoms with Crippen LogP contribution in [0, 0.1) is 0 Å². The zero-order valence-electron chi connectivity index (χ0n) is 31.9. The van der Waals surface area contributed by atoms with Crippen LogP contribution in [0.1, 0.15) is 194 Å². The molecule has 0 aliphatic carbocycles. The van der Waals surface area contributed by atoms with Crippen molar-refractivity contribution < 1.29 is 37.6 Å². The van der Waals surface area contributed by atoms with Gasteiger partial charge in [0.15, 0.2) is 6.10 Å². The SMILES string of the molecule is CCCCCC/C=C\C/C=C\CCCCCCCC(=O)OC(COC(=O)CCCCCCCCCCCCCCC)COP(=O)(O)OCC. The molecule has 0 fully saturated rings. The zero-order chi connectivity index (χ0) is 36.1. The highest BCUT2D eigenvalue weighted by Crippen LogP contribution is 2.43. The summed E-state index contributed by atoms with van der Waals surface area (Å²) >= 11 is 0. The molecule has 0 rings (SSSR count). The minimum absolute atomic E-state index is 0.000765. The van der Waals surface area contributed by atoms with Gasteiger partial charge in [0.2, 0.25) is 0 Å². The van der Waals surface area contributed by atoms with E-state index in [9.17, 15) is 19.0 Å². The van der Waals surface area contributed by atoms with Crippen molar-refractivity contribution in [1.29, 1.82) is 0 Å². The van der Waals surface area contributed by atoms with Gasteiger partial charge in [0.25, 0.3) is 0 Å². The number of ether oxygens (including phenoxy) is 2. The zero-order valence-corrected chi connectivity index (χ0v) is 32.7. The van der Waals surface area contributed by atoms with Gasteiger partial charge in [0, 0.05) is 12.8 Å². The van der Waals surface area contributed by atoms with Crippen molar-refractivity contribution in [3.05, 3.63) is 24.3 Å². The van der Waals surface area contributed by atoms with Crippen molar-refractivity contribution in [1.82, 2.24) is 0 Å². The Bertz CT molecular complexity index is 859. The van der Waals surface area contributed by atoms with Crippen molar-refractivity contribution in [3.8, 4) is 0 Å². The van der Waals surface area contributed by atoms with Crippen molar-refractivity contribution in [2.75, 3.05) is 19.8 Å². The lowest BCUT2D eigenvalue weighted by Gasteiger charge is -2.19. The molecule has 0 aromatic rings. The molecule has 0 heterocycles. The fourth-order valence-electron chi connectivity index (χ4n) is 5.54. The maximum absolute atomic E-state index is 12.5. The van der Waals surface area contributed by atoms with E-state index in [0.29, 0.717) is 12.8 Å². The van der Waals surface area contributed by atoms with E-state index in [0.717, 1.165) is 57.8 Å². The van der Waals surface area contributed by atoms with Crippen LogP contribution in [0.5, 0.6) is 0 Å². The van der Waals surface area contributed by atoms with E-state index in [2.05, 4.69) is 38.2 Å². The van der Waals surface area contributed by atoms with Gasteiger partial charge in [-0.25, -0.2) is 4.57 Å². The van der Waals surface area contributed by atoms with Crippen molar-refractivity contribution in [2.24, 2.45) is 0 Å². The van der Waals surface area contributed by atoms with Crippen molar-refractivity contribution in [3.63, 3.8) is 0 Å². The fourth-order valence-corrected chi connectivity index (χ4v) is 6.30. The summed E-state index contributed by atoms with van der Waals surface area (Å²) in [6.07, 6.45) is 37.9. The second-order valence-electron chi connectivity index (χ2n) is 13.3. The topological polar surface area (TPSA) is 108 Å². The van der Waals surface area contributed by atoms with Gasteiger partial charge in [-0.2, -0.15) is 0 Å². The molecular weight excluding hydrogens is 639 g/mol. The summed E-state index contributed by atoms with van der Waals surface area (Å²) in [5.41, 5.74) is 0. The predicted octanol–water partition coefficient (Wildman–Crippen LogP) is 12.3. The largest absolute Gasteiger partial charge is 0.472 e. The third kappa shape index (κ3) is 36.1. The molecule has 0 spiro atoms. The second kappa shape index (κ2) is 36.3. The smallest absolute Gasteiger partial charge is 0.462 e. The summed E-state index contributed by atoms with van der Waals surface area (Å²) in [6, 6.07) is 0. The molecule has 0 bridgehead atoms. The van der Waals surface area contributed by atoms with E-state index < -0.39 is 26.5 Å². The number of unbranched alkanes of at least 4 members (excludes halogenated alkanes) is 21. The molecule has 0 aromatic heterocycles. The number of rotatable bonds is 37. The number of hydrogen-bond acceptors (Lipinski definition) is 7. The third-order valence-electron chi connectivity index (χ3n) is 8.51. The van der Waals surface area contributed by atoms with Gasteiger partial charge in [-0.15, -0.1) is 0 Å². The summed E-state index contributed by atoms with van der Waals surface area (Å²) in [5, 5.41) is 0. The molecule has 0 saturated carbocycles. The summed E-state index contributed by atoms with van der Waals surface area (Å²) in [4.78, 5) is 34.6. The molecule has 8 nitrogen and oxygen atoms in total. The van der Waals surface area contributed by atoms with Crippen molar-refractivity contribution in [2.45, 2.75) is 200 Å². The first-order valence-electron chi connectivity index (χ1n) is 20.1. The second-order valence-corrected chi connectivity index (χ2v) is 14.8. The molecule has 0 amide bonds. The average Bonchev–Trinajstić information content (AvgIpc) is 3.07. The molecule has 0 aliphatic rings. The van der Waals surface area contributed by atoms with E-state index in [4.69, 9.17) is 18.5 Å². The van der Waals surface area contributed by atoms with E-state index in [1.54, 1.807) is 6.92 Å². The van der Waals surface area contributed by atoms with Gasteiger partial charge in [0.1, 0.15) is 6.61 Å². The lowest BCUT2D eigenvalue weighted by molar-refractivity contribution is -0.161. The first-order valence-corrected chi connectivity index (χ1v) is 21.6. The van der Waals surface area contributed by atoms with E-state index in [1.807, 2.05) is 0 Å². The predicted molar refractivity (Wildman–Crippen MR) is 203 cm³/mol. The minimum atomic E-state index is -4.28. The maximum atomic E-state index is 12.5. The summed E-state index contributed by atoms with van der Waals surface area (Å²) in [6.45, 7) is 5.44. The summed E-state index contributed by atoms with van der Waals surface area (Å²) < 4.78 is 32.5. The van der Waals surface area contributed by atoms with Gasteiger partial charge in [0.05, 0.1) is 13.2 Å². The normalized spacial score (nSPS) is 13.6. The lowest BCUT2D eigenvalue weighted by Crippen LogP contribution is -2.29. The standard InChI is InChI=1S/C40H75O8P/c1-4-7-9-11-13-15-17-19-20-21-23-25-27-29-31-33-35-40(42)48-38(37-47-49(43,44)46-6-3)36-45-39(41)34-32-30-28-26-24-22-18-16-14-12-10-8-5-2/h15,17,20-21,38H,4-14,16,18-19,22-37H2,1-3H3,(H,43,44)/b17-15-,21-20-. The third-order valence-corrected chi connectivity index (χ3v) is 9.57. The minimum Gasteiger partial charge on any atom is -0.462 e. The molecule has 288 valence electrons. The first kappa shape index (κ1) is 47.5. The van der Waals surface area contributed by atoms with Crippen LogP contribution in [0.2, 0.25) is 0 Å². The molecule has 0 radical (unpaired) electrons. The van der Waals surface area contributed by atoms with Gasteiger partial charge in [-0.05, 0) is 51.9 Å². The molecule has 0 aliphatic heterocycles. The van der Waals surface area contributed by atoms with Crippen LogP contribution in [0.15, 0.2) is 24.3 Å². The number of hydrogen-bond donors (Lipinski definition) is 1. The van der Waals surface area contributed by atoms with Crippen LogP contribution in [0.25, 0.3) is 0 Å². The van der Waals surface area contributed by atoms with E-state index in [-0.39, 0.29) is 25.6 Å². The Morgan fingerprint density at radius 2 is 0.980 bits per heavy atom. The van der Waals surface area contributed by atoms with Crippen LogP contribution in [0.3, 0.4) is 0 Å². The summed E-state index contributed by atoms with van der Waals surface area (Å²) in [5.74, 6) is -0.808. The Labute approximate surface area is 301 Å². The molecule has 1 N–H and O–H groups in total. The number of phosphoric acid groups is 1. The fraction of sp³-hybridized carbons (Fsp3) is 0.850. The van der Waals surface area contributed by atoms with Gasteiger partial charge in [-0.3, -0.25) is 18.6 Å². The lowest BCUT2D eigenvalue weighted by atomic mass is 10.0. The highest BCUT2D eigenvalue weighted by molar-refractivity contribution is 7.47. The highest BCUT2D eigenvalue weighted by Gasteiger charge is 2.25. The molecule has 0 aromatic carbocycles. The Balaban J connectivity index is 4.14. The molecule has 2 atom stereocenters. The van der Waals surface area contributed by atoms with Gasteiger partial charge < -0.3 is 14.4 Å². The maximum Gasteiger partial charge on any atom is 0.472 e. The molecular formula is C40H75O8P. The van der Waals surface area contributed by atoms with E-state index in [1.165, 1.54) is 96.3 Å². The van der Waals surface area contributed by atoms with Crippen LogP contribution in [-0.4, -0.2) is 42.8 Å². The van der Waals surface area contributed by atoms with Gasteiger partial charge >= 0.3 is 19.8 Å². The van der Waals surface area contributed by atoms with Gasteiger partial charge in [-0.1, -0.05) is 154 Å². The Kier molecular flexibility index (Phi) is 35.2. The molecule has 0 saturated heterocycles. The van der Waals surface area contributed by atoms with Crippen LogP contribution in [-0.2, 0) is 32.7 Å². The van der Waals surface area contributed by atoms with Crippen LogP contribution in [0.4, 0.5) is 0 Å². The quantitative estimate of drug-likeness (QED) is 0.0293. The Hall–Kier alpha value is -1.47. The number of carbonyl (C=O) groups excluding carboxylic acids is 2. The Morgan fingerprint density at radius 3 is 1.47 bits per heavy atom. The average molecular weight is 715 g/mol. The molecule has 49 heavy (non-hydrogen) atoms. The molecule has 9 heteroatoms. The first-order chi connectivity index (χ1) is 23.8. The van der Waals surface area contributed by atoms with Crippen molar-refractivity contribution >= 4 is 19.8 Å². The monoisotopic (exact) mass is 715 g/mol. The number of esters is 2. The molecule has 2 unspecified atom stereocenters. The Morgan fingerprint density at radius 1 is 0.551 bits per heavy atom. The summed E-state index contributed by atoms with van der Waals surface area (Å²) in [7, 11) is -4.28. The number of phosphoric ester groups is 1. The van der Waals surface area contributed by atoms with Crippen LogP contribution >= 0.6 is 7.82 Å².